The third-order valence-electron chi connectivity index (χ3n) is 6.17. The van der Waals surface area contributed by atoms with E-state index in [0.717, 1.165) is 22.3 Å². The van der Waals surface area contributed by atoms with Crippen LogP contribution in [0.1, 0.15) is 66.0 Å². The molecule has 1 heterocycles. The van der Waals surface area contributed by atoms with Gasteiger partial charge >= 0.3 is 5.97 Å². The maximum atomic E-state index is 11.8. The molecular formula is C23H37NO4Si. The van der Waals surface area contributed by atoms with Crippen LogP contribution in [-0.4, -0.2) is 38.1 Å². The summed E-state index contributed by atoms with van der Waals surface area (Å²) in [5, 5.41) is 10.5. The van der Waals surface area contributed by atoms with Crippen molar-refractivity contribution in [2.75, 3.05) is 13.7 Å². The lowest BCUT2D eigenvalue weighted by Crippen LogP contribution is -2.50. The van der Waals surface area contributed by atoms with Gasteiger partial charge in [-0.05, 0) is 47.3 Å². The van der Waals surface area contributed by atoms with Crippen LogP contribution in [0.2, 0.25) is 16.6 Å². The molecule has 0 unspecified atom stereocenters. The second-order valence-electron chi connectivity index (χ2n) is 8.88. The highest BCUT2D eigenvalue weighted by Gasteiger charge is 2.47. The topological polar surface area (TPSA) is 71.6 Å². The van der Waals surface area contributed by atoms with Gasteiger partial charge in [0, 0.05) is 29.1 Å². The Kier molecular flexibility index (Phi) is 7.94. The Morgan fingerprint density at radius 1 is 1.07 bits per heavy atom. The third-order valence-corrected chi connectivity index (χ3v) is 12.2. The van der Waals surface area contributed by atoms with Crippen molar-refractivity contribution in [1.29, 1.82) is 0 Å². The van der Waals surface area contributed by atoms with Crippen LogP contribution in [0.5, 0.6) is 5.75 Å². The van der Waals surface area contributed by atoms with Crippen molar-refractivity contribution in [1.82, 2.24) is 4.98 Å². The van der Waals surface area contributed by atoms with Gasteiger partial charge in [0.2, 0.25) is 0 Å². The Morgan fingerprint density at radius 2 is 1.69 bits per heavy atom. The van der Waals surface area contributed by atoms with Gasteiger partial charge in [-0.25, -0.2) is 0 Å². The lowest BCUT2D eigenvalue weighted by molar-refractivity contribution is -0.141. The van der Waals surface area contributed by atoms with E-state index < -0.39 is 8.32 Å². The van der Waals surface area contributed by atoms with E-state index in [-0.39, 0.29) is 24.9 Å². The minimum absolute atomic E-state index is 0.0245. The second kappa shape index (κ2) is 9.81. The van der Waals surface area contributed by atoms with E-state index in [0.29, 0.717) is 23.0 Å². The van der Waals surface area contributed by atoms with E-state index in [4.69, 9.17) is 9.16 Å². The lowest BCUT2D eigenvalue weighted by Gasteiger charge is -2.42. The minimum atomic E-state index is -2.01. The number of rotatable bonds is 10. The van der Waals surface area contributed by atoms with Crippen LogP contribution in [0, 0.1) is 0 Å². The van der Waals surface area contributed by atoms with Gasteiger partial charge < -0.3 is 19.3 Å². The number of benzene rings is 1. The highest BCUT2D eigenvalue weighted by atomic mass is 28.4. The average Bonchev–Trinajstić information content (AvgIpc) is 3.07. The number of hydrogen-bond donors (Lipinski definition) is 2. The van der Waals surface area contributed by atoms with Crippen LogP contribution in [0.4, 0.5) is 0 Å². The fraction of sp³-hybridized carbons (Fsp3) is 0.609. The Bertz CT molecular complexity index is 791. The molecule has 0 saturated carbocycles. The van der Waals surface area contributed by atoms with E-state index in [1.54, 1.807) is 0 Å². The molecule has 1 aromatic carbocycles. The summed E-state index contributed by atoms with van der Waals surface area (Å²) in [5.41, 5.74) is 3.47. The van der Waals surface area contributed by atoms with Gasteiger partial charge in [0.15, 0.2) is 0 Å². The predicted molar refractivity (Wildman–Crippen MR) is 121 cm³/mol. The summed E-state index contributed by atoms with van der Waals surface area (Å²) in [7, 11) is -0.624. The zero-order valence-corrected chi connectivity index (χ0v) is 19.9. The molecule has 2 N–H and O–H groups in total. The number of H-pyrrole nitrogens is 1. The molecule has 0 saturated heterocycles. The van der Waals surface area contributed by atoms with E-state index >= 15 is 0 Å². The van der Waals surface area contributed by atoms with Gasteiger partial charge in [-0.2, -0.15) is 0 Å². The SMILES string of the molecule is COC(=O)C[C@@H](CCO)c1cc2cc(O[Si](C(C)C)(C(C)C)C(C)C)ccc2[nH]1. The van der Waals surface area contributed by atoms with Gasteiger partial charge in [0.1, 0.15) is 5.75 Å². The summed E-state index contributed by atoms with van der Waals surface area (Å²) in [5.74, 6) is 0.546. The summed E-state index contributed by atoms with van der Waals surface area (Å²) in [6.07, 6.45) is 0.757. The fourth-order valence-corrected chi connectivity index (χ4v) is 10.0. The zero-order valence-electron chi connectivity index (χ0n) is 18.9. The molecule has 1 atom stereocenters. The van der Waals surface area contributed by atoms with Gasteiger partial charge in [0.05, 0.1) is 13.5 Å². The molecule has 0 spiro atoms. The molecule has 162 valence electrons. The van der Waals surface area contributed by atoms with E-state index in [1.165, 1.54) is 7.11 Å². The van der Waals surface area contributed by atoms with Crippen LogP contribution in [-0.2, 0) is 9.53 Å². The molecule has 0 aliphatic heterocycles. The van der Waals surface area contributed by atoms with Crippen molar-refractivity contribution >= 4 is 25.2 Å². The Balaban J connectivity index is 2.38. The van der Waals surface area contributed by atoms with Gasteiger partial charge in [-0.1, -0.05) is 41.5 Å². The van der Waals surface area contributed by atoms with Crippen LogP contribution in [0.15, 0.2) is 24.3 Å². The van der Waals surface area contributed by atoms with Crippen molar-refractivity contribution in [3.05, 3.63) is 30.0 Å². The number of aromatic amines is 1. The number of aliphatic hydroxyl groups excluding tert-OH is 1. The first-order chi connectivity index (χ1) is 13.6. The molecule has 1 aromatic heterocycles. The van der Waals surface area contributed by atoms with Crippen LogP contribution >= 0.6 is 0 Å². The number of ether oxygens (including phenoxy) is 1. The average molecular weight is 420 g/mol. The summed E-state index contributed by atoms with van der Waals surface area (Å²) in [6, 6.07) is 8.24. The monoisotopic (exact) mass is 419 g/mol. The number of carbonyl (C=O) groups excluding carboxylic acids is 1. The number of fused-ring (bicyclic) bond motifs is 1. The van der Waals surface area contributed by atoms with E-state index in [2.05, 4.69) is 58.7 Å². The largest absolute Gasteiger partial charge is 0.543 e. The van der Waals surface area contributed by atoms with Crippen molar-refractivity contribution in [2.24, 2.45) is 0 Å². The molecule has 0 radical (unpaired) electrons. The number of esters is 1. The molecule has 5 nitrogen and oxygen atoms in total. The van der Waals surface area contributed by atoms with Crippen LogP contribution < -0.4 is 4.43 Å². The number of aliphatic hydroxyl groups is 1. The summed E-state index contributed by atoms with van der Waals surface area (Å²) in [4.78, 5) is 15.2. The lowest BCUT2D eigenvalue weighted by atomic mass is 9.98. The highest BCUT2D eigenvalue weighted by molar-refractivity contribution is 6.78. The molecule has 6 heteroatoms. The Hall–Kier alpha value is -1.79. The molecule has 0 fully saturated rings. The number of carbonyl (C=O) groups is 1. The molecule has 0 amide bonds. The molecule has 0 bridgehead atoms. The van der Waals surface area contributed by atoms with Crippen molar-refractivity contribution in [3.63, 3.8) is 0 Å². The highest BCUT2D eigenvalue weighted by Crippen LogP contribution is 2.43. The maximum absolute atomic E-state index is 11.8. The van der Waals surface area contributed by atoms with Crippen LogP contribution in [0.25, 0.3) is 10.9 Å². The first kappa shape index (κ1) is 23.5. The quantitative estimate of drug-likeness (QED) is 0.380. The first-order valence-corrected chi connectivity index (χ1v) is 12.8. The van der Waals surface area contributed by atoms with E-state index in [9.17, 15) is 9.90 Å². The predicted octanol–water partition coefficient (Wildman–Crippen LogP) is 5.75. The molecular weight excluding hydrogens is 382 g/mol. The van der Waals surface area contributed by atoms with Crippen molar-refractivity contribution in [2.45, 2.75) is 76.9 Å². The van der Waals surface area contributed by atoms with Crippen molar-refractivity contribution in [3.8, 4) is 5.75 Å². The fourth-order valence-electron chi connectivity index (χ4n) is 4.78. The van der Waals surface area contributed by atoms with Gasteiger partial charge in [-0.15, -0.1) is 0 Å². The molecule has 0 aliphatic carbocycles. The van der Waals surface area contributed by atoms with Gasteiger partial charge in [-0.3, -0.25) is 4.79 Å². The normalized spacial score (nSPS) is 13.5. The Morgan fingerprint density at radius 3 is 2.21 bits per heavy atom. The second-order valence-corrected chi connectivity index (χ2v) is 14.3. The molecule has 2 rings (SSSR count). The number of hydrogen-bond acceptors (Lipinski definition) is 4. The standard InChI is InChI=1S/C23H37NO4Si/c1-15(2)29(16(3)4,17(5)6)28-20-8-9-21-19(12-20)13-22(24-21)18(10-11-25)14-23(26)27-7/h8-9,12-13,15-18,24-25H,10-11,14H2,1-7H3/t18-/m1/s1. The molecule has 29 heavy (non-hydrogen) atoms. The minimum Gasteiger partial charge on any atom is -0.543 e. The molecule has 0 aliphatic rings. The van der Waals surface area contributed by atoms with E-state index in [1.807, 2.05) is 12.1 Å². The Labute approximate surface area is 175 Å². The third kappa shape index (κ3) is 5.04. The van der Waals surface area contributed by atoms with Gasteiger partial charge in [0.25, 0.3) is 8.32 Å². The maximum Gasteiger partial charge on any atom is 0.306 e. The summed E-state index contributed by atoms with van der Waals surface area (Å²) < 4.78 is 11.6. The summed E-state index contributed by atoms with van der Waals surface area (Å²) >= 11 is 0. The van der Waals surface area contributed by atoms with Crippen LogP contribution in [0.3, 0.4) is 0 Å². The van der Waals surface area contributed by atoms with Crippen molar-refractivity contribution < 1.29 is 19.1 Å². The molecule has 2 aromatic rings. The first-order valence-electron chi connectivity index (χ1n) is 10.6. The number of aromatic nitrogens is 1. The number of nitrogens with one attached hydrogen (secondary N) is 1. The smallest absolute Gasteiger partial charge is 0.306 e. The number of methoxy groups -OCH3 is 1. The summed E-state index contributed by atoms with van der Waals surface area (Å²) in [6.45, 7) is 13.7. The zero-order chi connectivity index (χ0) is 21.8.